The third kappa shape index (κ3) is 4.58. The van der Waals surface area contributed by atoms with E-state index in [9.17, 15) is 14.7 Å². The molecule has 1 aromatic carbocycles. The molecule has 0 aliphatic carbocycles. The van der Waals surface area contributed by atoms with Crippen LogP contribution in [0.2, 0.25) is 0 Å². The van der Waals surface area contributed by atoms with Crippen molar-refractivity contribution in [3.05, 3.63) is 68.0 Å². The molecule has 2 amide bonds. The highest BCUT2D eigenvalue weighted by molar-refractivity contribution is 7.12. The third-order valence-corrected chi connectivity index (χ3v) is 6.35. The molecule has 0 spiro atoms. The van der Waals surface area contributed by atoms with E-state index >= 15 is 0 Å². The van der Waals surface area contributed by atoms with Crippen LogP contribution in [-0.2, 0) is 22.7 Å². The summed E-state index contributed by atoms with van der Waals surface area (Å²) in [5, 5.41) is 17.4. The topological polar surface area (TPSA) is 96.9 Å². The lowest BCUT2D eigenvalue weighted by atomic mass is 10.2. The molecule has 2 aromatic heterocycles. The minimum Gasteiger partial charge on any atom is -0.454 e. The molecule has 1 aliphatic heterocycles. The first kappa shape index (κ1) is 19.4. The van der Waals surface area contributed by atoms with Crippen molar-refractivity contribution in [3.8, 4) is 11.5 Å². The fraction of sp³-hybridized carbons (Fsp3) is 0.200. The van der Waals surface area contributed by atoms with Gasteiger partial charge < -0.3 is 25.2 Å². The van der Waals surface area contributed by atoms with Crippen molar-refractivity contribution in [2.45, 2.75) is 19.2 Å². The van der Waals surface area contributed by atoms with Gasteiger partial charge in [0.2, 0.25) is 6.79 Å². The average Bonchev–Trinajstić information content (AvgIpc) is 3.50. The summed E-state index contributed by atoms with van der Waals surface area (Å²) in [4.78, 5) is 26.6. The summed E-state index contributed by atoms with van der Waals surface area (Å²) in [6.45, 7) is 0.611. The van der Waals surface area contributed by atoms with Crippen molar-refractivity contribution >= 4 is 34.5 Å². The maximum Gasteiger partial charge on any atom is 0.309 e. The molecule has 9 heteroatoms. The molecule has 0 radical (unpaired) electrons. The molecule has 0 unspecified atom stereocenters. The van der Waals surface area contributed by atoms with Crippen LogP contribution in [0.5, 0.6) is 11.5 Å². The summed E-state index contributed by atoms with van der Waals surface area (Å²) in [7, 11) is 0. The van der Waals surface area contributed by atoms with Crippen LogP contribution in [0, 0.1) is 0 Å². The predicted octanol–water partition coefficient (Wildman–Crippen LogP) is 2.55. The van der Waals surface area contributed by atoms with Gasteiger partial charge in [-0.25, -0.2) is 0 Å². The number of carbonyl (C=O) groups excluding carboxylic acids is 2. The first-order valence-corrected chi connectivity index (χ1v) is 10.5. The first-order valence-electron chi connectivity index (χ1n) is 8.85. The molecule has 3 heterocycles. The number of hydrogen-bond donors (Lipinski definition) is 3. The van der Waals surface area contributed by atoms with Gasteiger partial charge in [0.15, 0.2) is 11.5 Å². The van der Waals surface area contributed by atoms with E-state index in [1.165, 1.54) is 22.7 Å². The van der Waals surface area contributed by atoms with Gasteiger partial charge in [-0.1, -0.05) is 12.1 Å². The van der Waals surface area contributed by atoms with Crippen molar-refractivity contribution in [1.82, 2.24) is 10.6 Å². The Morgan fingerprint density at radius 2 is 1.79 bits per heavy atom. The maximum absolute atomic E-state index is 12.0. The third-order valence-electron chi connectivity index (χ3n) is 4.28. The molecule has 0 bridgehead atoms. The molecule has 0 saturated heterocycles. The molecule has 0 fully saturated rings. The van der Waals surface area contributed by atoms with Gasteiger partial charge in [0.05, 0.1) is 6.54 Å². The number of aliphatic hydroxyl groups is 1. The van der Waals surface area contributed by atoms with Gasteiger partial charge in [-0.2, -0.15) is 0 Å². The molecule has 150 valence electrons. The molecule has 7 nitrogen and oxygen atoms in total. The Balaban J connectivity index is 1.26. The van der Waals surface area contributed by atoms with E-state index in [-0.39, 0.29) is 19.9 Å². The van der Waals surface area contributed by atoms with E-state index in [1.54, 1.807) is 18.2 Å². The highest BCUT2D eigenvalue weighted by atomic mass is 32.1. The highest BCUT2D eigenvalue weighted by Gasteiger charge is 2.17. The van der Waals surface area contributed by atoms with Gasteiger partial charge in [0.25, 0.3) is 0 Å². The van der Waals surface area contributed by atoms with Crippen LogP contribution in [0.3, 0.4) is 0 Å². The zero-order valence-corrected chi connectivity index (χ0v) is 16.8. The molecular formula is C20H18N2O5S2. The predicted molar refractivity (Wildman–Crippen MR) is 109 cm³/mol. The van der Waals surface area contributed by atoms with Crippen LogP contribution in [0.1, 0.15) is 26.3 Å². The molecule has 0 saturated carbocycles. The molecule has 3 aromatic rings. The zero-order valence-electron chi connectivity index (χ0n) is 15.2. The lowest BCUT2D eigenvalue weighted by Gasteiger charge is -2.07. The van der Waals surface area contributed by atoms with E-state index in [0.717, 1.165) is 20.2 Å². The van der Waals surface area contributed by atoms with Crippen LogP contribution >= 0.6 is 22.7 Å². The van der Waals surface area contributed by atoms with E-state index < -0.39 is 17.9 Å². The largest absolute Gasteiger partial charge is 0.454 e. The molecule has 4 rings (SSSR count). The van der Waals surface area contributed by atoms with Crippen LogP contribution in [0.15, 0.2) is 47.8 Å². The Morgan fingerprint density at radius 3 is 2.59 bits per heavy atom. The second kappa shape index (κ2) is 8.64. The van der Waals surface area contributed by atoms with Crippen molar-refractivity contribution < 1.29 is 24.2 Å². The number of rotatable bonds is 6. The summed E-state index contributed by atoms with van der Waals surface area (Å²) in [5.74, 6) is -0.130. The lowest BCUT2D eigenvalue weighted by molar-refractivity contribution is -0.139. The Labute approximate surface area is 174 Å². The van der Waals surface area contributed by atoms with Crippen molar-refractivity contribution in [1.29, 1.82) is 0 Å². The number of amides is 2. The van der Waals surface area contributed by atoms with Gasteiger partial charge in [-0.15, -0.1) is 22.7 Å². The monoisotopic (exact) mass is 430 g/mol. The number of ether oxygens (including phenoxy) is 2. The summed E-state index contributed by atoms with van der Waals surface area (Å²) in [5.41, 5.74) is 0.806. The molecule has 29 heavy (non-hydrogen) atoms. The van der Waals surface area contributed by atoms with E-state index in [0.29, 0.717) is 11.5 Å². The van der Waals surface area contributed by atoms with Crippen LogP contribution in [0.25, 0.3) is 0 Å². The fourth-order valence-electron chi connectivity index (χ4n) is 2.78. The van der Waals surface area contributed by atoms with Crippen LogP contribution in [0.4, 0.5) is 0 Å². The zero-order chi connectivity index (χ0) is 20.2. The second-order valence-corrected chi connectivity index (χ2v) is 8.45. The quantitative estimate of drug-likeness (QED) is 0.522. The first-order chi connectivity index (χ1) is 14.1. The minimum absolute atomic E-state index is 0.183. The Bertz CT molecular complexity index is 1020. The number of aliphatic hydroxyl groups excluding tert-OH is 1. The van der Waals surface area contributed by atoms with E-state index in [2.05, 4.69) is 10.6 Å². The SMILES string of the molecule is O=C(NCc1ccc2c(c1)OCO2)C(=O)NCc1ccc([C@@H](O)c2cccs2)s1. The number of thiophene rings is 2. The Hall–Kier alpha value is -2.88. The van der Waals surface area contributed by atoms with Gasteiger partial charge in [-0.05, 0) is 41.3 Å². The smallest absolute Gasteiger partial charge is 0.309 e. The maximum atomic E-state index is 12.0. The molecule has 1 aliphatic rings. The van der Waals surface area contributed by atoms with Crippen molar-refractivity contribution in [2.75, 3.05) is 6.79 Å². The number of nitrogens with one attached hydrogen (secondary N) is 2. The average molecular weight is 431 g/mol. The fourth-order valence-corrected chi connectivity index (χ4v) is 4.54. The Morgan fingerprint density at radius 1 is 1.00 bits per heavy atom. The second-order valence-electron chi connectivity index (χ2n) is 6.28. The molecular weight excluding hydrogens is 412 g/mol. The molecule has 3 N–H and O–H groups in total. The summed E-state index contributed by atoms with van der Waals surface area (Å²) < 4.78 is 10.5. The number of fused-ring (bicyclic) bond motifs is 1. The van der Waals surface area contributed by atoms with Gasteiger partial charge in [-0.3, -0.25) is 9.59 Å². The van der Waals surface area contributed by atoms with Gasteiger partial charge >= 0.3 is 11.8 Å². The number of benzene rings is 1. The summed E-state index contributed by atoms with van der Waals surface area (Å²) in [6.07, 6.45) is -0.672. The van der Waals surface area contributed by atoms with Gasteiger partial charge in [0.1, 0.15) is 6.10 Å². The summed E-state index contributed by atoms with van der Waals surface area (Å²) >= 11 is 2.89. The lowest BCUT2D eigenvalue weighted by Crippen LogP contribution is -2.39. The van der Waals surface area contributed by atoms with Crippen molar-refractivity contribution in [2.24, 2.45) is 0 Å². The van der Waals surface area contributed by atoms with Gasteiger partial charge in [0, 0.05) is 21.2 Å². The molecule has 1 atom stereocenters. The normalized spacial score (nSPS) is 13.1. The van der Waals surface area contributed by atoms with E-state index in [4.69, 9.17) is 9.47 Å². The standard InChI is InChI=1S/C20H18N2O5S2/c23-18(16-2-1-7-28-16)17-6-4-13(29-17)10-22-20(25)19(24)21-9-12-3-5-14-15(8-12)27-11-26-14/h1-8,18,23H,9-11H2,(H,21,24)(H,22,25)/t18-/m0/s1. The highest BCUT2D eigenvalue weighted by Crippen LogP contribution is 2.32. The number of carbonyl (C=O) groups is 2. The summed E-state index contributed by atoms with van der Waals surface area (Å²) in [6, 6.07) is 12.8. The Kier molecular flexibility index (Phi) is 5.79. The van der Waals surface area contributed by atoms with Crippen molar-refractivity contribution in [3.63, 3.8) is 0 Å². The minimum atomic E-state index is -0.710. The van der Waals surface area contributed by atoms with Crippen LogP contribution < -0.4 is 20.1 Å². The van der Waals surface area contributed by atoms with Crippen LogP contribution in [-0.4, -0.2) is 23.7 Å². The van der Waals surface area contributed by atoms with E-state index in [1.807, 2.05) is 29.6 Å². The number of hydrogen-bond acceptors (Lipinski definition) is 7.